The smallest absolute Gasteiger partial charge is 0.191 e. The van der Waals surface area contributed by atoms with Gasteiger partial charge in [-0.05, 0) is 0 Å². The van der Waals surface area contributed by atoms with Crippen LogP contribution in [0.1, 0.15) is 5.56 Å². The fourth-order valence-corrected chi connectivity index (χ4v) is 3.69. The first-order valence-electron chi connectivity index (χ1n) is 8.64. The van der Waals surface area contributed by atoms with Crippen LogP contribution in [0.15, 0.2) is 28.7 Å². The Morgan fingerprint density at radius 3 is 2.25 bits per heavy atom. The molecule has 154 valence electrons. The van der Waals surface area contributed by atoms with Gasteiger partial charge in [-0.15, -0.1) is 35.3 Å². The van der Waals surface area contributed by atoms with Gasteiger partial charge in [-0.2, -0.15) is 0 Å². The van der Waals surface area contributed by atoms with E-state index in [4.69, 9.17) is 19.9 Å². The van der Waals surface area contributed by atoms with Crippen LogP contribution in [0.4, 0.5) is 5.13 Å². The second-order valence-corrected chi connectivity index (χ2v) is 6.85. The number of hydrogen-bond donors (Lipinski definition) is 1. The molecule has 10 heteroatoms. The molecular weight excluding hydrogens is 493 g/mol. The Bertz CT molecular complexity index is 755. The van der Waals surface area contributed by atoms with E-state index >= 15 is 0 Å². The Balaban J connectivity index is 0.00000280. The number of nitrogens with two attached hydrogens (primary N) is 1. The number of ether oxygens (including phenoxy) is 3. The summed E-state index contributed by atoms with van der Waals surface area (Å²) in [6, 6.07) is 3.63. The van der Waals surface area contributed by atoms with Crippen LogP contribution >= 0.6 is 35.3 Å². The normalized spacial score (nSPS) is 14.5. The predicted octanol–water partition coefficient (Wildman–Crippen LogP) is 2.42. The topological polar surface area (TPSA) is 85.4 Å². The average molecular weight is 519 g/mol. The molecule has 8 nitrogen and oxygen atoms in total. The van der Waals surface area contributed by atoms with Crippen molar-refractivity contribution in [1.29, 1.82) is 0 Å². The van der Waals surface area contributed by atoms with E-state index < -0.39 is 0 Å². The molecule has 28 heavy (non-hydrogen) atoms. The van der Waals surface area contributed by atoms with Gasteiger partial charge in [0.1, 0.15) is 17.2 Å². The van der Waals surface area contributed by atoms with Crippen LogP contribution in [0, 0.1) is 0 Å². The lowest BCUT2D eigenvalue weighted by Gasteiger charge is -2.35. The molecule has 2 aromatic rings. The molecule has 0 unspecified atom stereocenters. The summed E-state index contributed by atoms with van der Waals surface area (Å²) >= 11 is 1.65. The third kappa shape index (κ3) is 5.10. The lowest BCUT2D eigenvalue weighted by Crippen LogP contribution is -2.51. The molecule has 0 spiro atoms. The van der Waals surface area contributed by atoms with E-state index in [0.717, 1.165) is 36.9 Å². The second kappa shape index (κ2) is 10.6. The summed E-state index contributed by atoms with van der Waals surface area (Å²) in [7, 11) is 4.83. The van der Waals surface area contributed by atoms with Crippen LogP contribution < -0.4 is 24.8 Å². The van der Waals surface area contributed by atoms with Crippen molar-refractivity contribution in [3.63, 3.8) is 0 Å². The summed E-state index contributed by atoms with van der Waals surface area (Å²) in [5.41, 5.74) is 7.08. The van der Waals surface area contributed by atoms with Crippen molar-refractivity contribution in [2.75, 3.05) is 52.4 Å². The molecule has 3 rings (SSSR count). The molecular formula is C18H26IN5O3S. The quantitative estimate of drug-likeness (QED) is 0.357. The van der Waals surface area contributed by atoms with Crippen LogP contribution in [-0.2, 0) is 6.54 Å². The number of halogens is 1. The van der Waals surface area contributed by atoms with Gasteiger partial charge in [-0.1, -0.05) is 0 Å². The number of methoxy groups -OCH3 is 3. The highest BCUT2D eigenvalue weighted by Crippen LogP contribution is 2.34. The minimum Gasteiger partial charge on any atom is -0.496 e. The maximum Gasteiger partial charge on any atom is 0.191 e. The highest BCUT2D eigenvalue weighted by atomic mass is 127. The minimum atomic E-state index is 0. The summed E-state index contributed by atoms with van der Waals surface area (Å²) in [6.07, 6.45) is 1.83. The van der Waals surface area contributed by atoms with Crippen molar-refractivity contribution in [3.05, 3.63) is 29.3 Å². The van der Waals surface area contributed by atoms with Crippen molar-refractivity contribution < 1.29 is 14.2 Å². The lowest BCUT2D eigenvalue weighted by molar-refractivity contribution is 0.367. The molecule has 0 bridgehead atoms. The second-order valence-electron chi connectivity index (χ2n) is 5.97. The monoisotopic (exact) mass is 519 g/mol. The molecule has 1 aromatic carbocycles. The standard InChI is InChI=1S/C18H25N5O3S.HI/c1-24-13-10-15(25-2)14(16(11-13)26-3)12-21-17(19)22-5-7-23(8-6-22)18-20-4-9-27-18;/h4,9-11H,5-8,12H2,1-3H3,(H2,19,21);1H. The molecule has 1 aromatic heterocycles. The summed E-state index contributed by atoms with van der Waals surface area (Å²) in [6.45, 7) is 3.74. The van der Waals surface area contributed by atoms with E-state index in [1.54, 1.807) is 32.7 Å². The zero-order valence-electron chi connectivity index (χ0n) is 16.3. The number of guanidine groups is 1. The first-order chi connectivity index (χ1) is 13.2. The number of rotatable bonds is 6. The maximum absolute atomic E-state index is 6.24. The average Bonchev–Trinajstić information content (AvgIpc) is 3.26. The highest BCUT2D eigenvalue weighted by molar-refractivity contribution is 14.0. The fraction of sp³-hybridized carbons (Fsp3) is 0.444. The van der Waals surface area contributed by atoms with E-state index in [2.05, 4.69) is 19.8 Å². The van der Waals surface area contributed by atoms with Gasteiger partial charge < -0.3 is 29.7 Å². The van der Waals surface area contributed by atoms with E-state index in [9.17, 15) is 0 Å². The maximum atomic E-state index is 6.24. The molecule has 0 saturated carbocycles. The number of aliphatic imine (C=N–C) groups is 1. The van der Waals surface area contributed by atoms with E-state index in [0.29, 0.717) is 29.8 Å². The largest absolute Gasteiger partial charge is 0.496 e. The van der Waals surface area contributed by atoms with Gasteiger partial charge in [0.05, 0.1) is 33.4 Å². The first-order valence-corrected chi connectivity index (χ1v) is 9.52. The Morgan fingerprint density at radius 2 is 1.75 bits per heavy atom. The molecule has 2 N–H and O–H groups in total. The third-order valence-corrected chi connectivity index (χ3v) is 5.34. The van der Waals surface area contributed by atoms with Crippen LogP contribution in [-0.4, -0.2) is 63.4 Å². The van der Waals surface area contributed by atoms with Crippen LogP contribution in [0.3, 0.4) is 0 Å². The van der Waals surface area contributed by atoms with E-state index in [1.165, 1.54) is 0 Å². The van der Waals surface area contributed by atoms with Crippen LogP contribution in [0.5, 0.6) is 17.2 Å². The minimum absolute atomic E-state index is 0. The first kappa shape index (κ1) is 22.3. The number of thiazole rings is 1. The summed E-state index contributed by atoms with van der Waals surface area (Å²) in [4.78, 5) is 13.3. The van der Waals surface area contributed by atoms with Crippen molar-refractivity contribution in [3.8, 4) is 17.2 Å². The van der Waals surface area contributed by atoms with Gasteiger partial charge in [0.2, 0.25) is 0 Å². The van der Waals surface area contributed by atoms with Gasteiger partial charge in [-0.3, -0.25) is 0 Å². The van der Waals surface area contributed by atoms with Gasteiger partial charge in [-0.25, -0.2) is 9.98 Å². The Hall–Kier alpha value is -1.95. The fourth-order valence-electron chi connectivity index (χ4n) is 2.99. The molecule has 2 heterocycles. The van der Waals surface area contributed by atoms with Crippen molar-refractivity contribution in [1.82, 2.24) is 9.88 Å². The number of piperazine rings is 1. The summed E-state index contributed by atoms with van der Waals surface area (Å²) in [5.74, 6) is 2.52. The summed E-state index contributed by atoms with van der Waals surface area (Å²) in [5, 5.41) is 3.05. The molecule has 0 radical (unpaired) electrons. The van der Waals surface area contributed by atoms with Crippen molar-refractivity contribution >= 4 is 46.4 Å². The number of hydrogen-bond acceptors (Lipinski definition) is 7. The van der Waals surface area contributed by atoms with Gasteiger partial charge in [0.25, 0.3) is 0 Å². The van der Waals surface area contributed by atoms with Crippen LogP contribution in [0.25, 0.3) is 0 Å². The van der Waals surface area contributed by atoms with Crippen molar-refractivity contribution in [2.45, 2.75) is 6.54 Å². The third-order valence-electron chi connectivity index (χ3n) is 4.51. The Labute approximate surface area is 186 Å². The number of aromatic nitrogens is 1. The molecule has 0 atom stereocenters. The van der Waals surface area contributed by atoms with Crippen LogP contribution in [0.2, 0.25) is 0 Å². The van der Waals surface area contributed by atoms with E-state index in [-0.39, 0.29) is 24.0 Å². The zero-order chi connectivity index (χ0) is 19.2. The Kier molecular flexibility index (Phi) is 8.42. The molecule has 1 fully saturated rings. The molecule has 1 saturated heterocycles. The SMILES string of the molecule is COc1cc(OC)c(CN=C(N)N2CCN(c3nccs3)CC2)c(OC)c1.I. The molecule has 0 aliphatic carbocycles. The number of benzene rings is 1. The van der Waals surface area contributed by atoms with Gasteiger partial charge >= 0.3 is 0 Å². The van der Waals surface area contributed by atoms with Gasteiger partial charge in [0, 0.05) is 49.9 Å². The number of nitrogens with zero attached hydrogens (tertiary/aromatic N) is 4. The number of anilines is 1. The van der Waals surface area contributed by atoms with Gasteiger partial charge in [0.15, 0.2) is 11.1 Å². The highest BCUT2D eigenvalue weighted by Gasteiger charge is 2.20. The predicted molar refractivity (Wildman–Crippen MR) is 123 cm³/mol. The molecule has 0 amide bonds. The van der Waals surface area contributed by atoms with E-state index in [1.807, 2.05) is 23.7 Å². The zero-order valence-corrected chi connectivity index (χ0v) is 19.4. The molecule has 1 aliphatic rings. The van der Waals surface area contributed by atoms with Crippen molar-refractivity contribution in [2.24, 2.45) is 10.7 Å². The Morgan fingerprint density at radius 1 is 1.11 bits per heavy atom. The summed E-state index contributed by atoms with van der Waals surface area (Å²) < 4.78 is 16.2. The molecule has 1 aliphatic heterocycles. The lowest BCUT2D eigenvalue weighted by atomic mass is 10.1.